The number of anilines is 2. The number of aromatic hydroxyl groups is 1. The number of rotatable bonds is 7. The Hall–Kier alpha value is -3.31. The summed E-state index contributed by atoms with van der Waals surface area (Å²) >= 11 is 0. The molecule has 150 valence electrons. The van der Waals surface area contributed by atoms with Crippen molar-refractivity contribution < 1.29 is 9.90 Å². The lowest BCUT2D eigenvalue weighted by molar-refractivity contribution is 0.102. The predicted octanol–water partition coefficient (Wildman–Crippen LogP) is 4.28. The Balaban J connectivity index is 1.85. The second-order valence-corrected chi connectivity index (χ2v) is 7.08. The van der Waals surface area contributed by atoms with Crippen molar-refractivity contribution in [3.05, 3.63) is 77.9 Å². The molecule has 1 amide bonds. The Morgan fingerprint density at radius 2 is 1.76 bits per heavy atom. The maximum Gasteiger partial charge on any atom is 0.259 e. The third kappa shape index (κ3) is 4.95. The van der Waals surface area contributed by atoms with Gasteiger partial charge in [0.15, 0.2) is 0 Å². The van der Waals surface area contributed by atoms with Crippen molar-refractivity contribution >= 4 is 17.3 Å². The highest BCUT2D eigenvalue weighted by Gasteiger charge is 2.15. The Kier molecular flexibility index (Phi) is 6.52. The number of phenols is 1. The van der Waals surface area contributed by atoms with Gasteiger partial charge in [-0.1, -0.05) is 42.5 Å². The second-order valence-electron chi connectivity index (χ2n) is 7.08. The van der Waals surface area contributed by atoms with Crippen LogP contribution in [0.3, 0.4) is 0 Å². The predicted molar refractivity (Wildman–Crippen MR) is 120 cm³/mol. The molecular weight excluding hydrogens is 362 g/mol. The van der Waals surface area contributed by atoms with Crippen LogP contribution in [0.5, 0.6) is 5.75 Å². The first kappa shape index (κ1) is 20.4. The smallest absolute Gasteiger partial charge is 0.259 e. The summed E-state index contributed by atoms with van der Waals surface area (Å²) in [5, 5.41) is 16.3. The zero-order valence-electron chi connectivity index (χ0n) is 17.1. The number of phenolic OH excluding ortho intramolecular Hbond substituents is 1. The summed E-state index contributed by atoms with van der Waals surface area (Å²) in [4.78, 5) is 15.0. The van der Waals surface area contributed by atoms with Crippen LogP contribution in [0.4, 0.5) is 11.4 Å². The van der Waals surface area contributed by atoms with E-state index in [1.54, 1.807) is 12.1 Å². The van der Waals surface area contributed by atoms with Gasteiger partial charge in [-0.15, -0.1) is 0 Å². The van der Waals surface area contributed by atoms with Gasteiger partial charge < -0.3 is 20.6 Å². The van der Waals surface area contributed by atoms with E-state index in [1.807, 2.05) is 80.5 Å². The molecule has 3 aromatic rings. The van der Waals surface area contributed by atoms with E-state index in [-0.39, 0.29) is 17.2 Å². The van der Waals surface area contributed by atoms with Crippen LogP contribution in [0, 0.1) is 6.92 Å². The van der Waals surface area contributed by atoms with Crippen molar-refractivity contribution in [2.75, 3.05) is 37.4 Å². The van der Waals surface area contributed by atoms with Crippen LogP contribution in [-0.2, 0) is 0 Å². The van der Waals surface area contributed by atoms with Gasteiger partial charge in [0.1, 0.15) is 5.75 Å². The molecule has 0 atom stereocenters. The summed E-state index contributed by atoms with van der Waals surface area (Å²) in [6.45, 7) is 3.57. The fourth-order valence-corrected chi connectivity index (χ4v) is 3.11. The summed E-state index contributed by atoms with van der Waals surface area (Å²) in [5.74, 6) is -0.371. The number of likely N-dealkylation sites (N-methyl/N-ethyl adjacent to an activating group) is 2. The van der Waals surface area contributed by atoms with Crippen LogP contribution in [-0.4, -0.2) is 38.2 Å². The molecule has 0 aliphatic carbocycles. The zero-order chi connectivity index (χ0) is 20.8. The minimum Gasteiger partial charge on any atom is -0.507 e. The molecular formula is C24H27N3O2. The van der Waals surface area contributed by atoms with E-state index in [0.29, 0.717) is 0 Å². The molecule has 0 spiro atoms. The Labute approximate surface area is 172 Å². The van der Waals surface area contributed by atoms with Crippen molar-refractivity contribution in [2.45, 2.75) is 6.92 Å². The number of benzene rings is 3. The fraction of sp³-hybridized carbons (Fsp3) is 0.208. The highest BCUT2D eigenvalue weighted by atomic mass is 16.3. The van der Waals surface area contributed by atoms with Gasteiger partial charge in [-0.25, -0.2) is 0 Å². The van der Waals surface area contributed by atoms with Crippen LogP contribution < -0.4 is 15.5 Å². The van der Waals surface area contributed by atoms with Crippen LogP contribution >= 0.6 is 0 Å². The van der Waals surface area contributed by atoms with Gasteiger partial charge in [0.05, 0.1) is 5.56 Å². The lowest BCUT2D eigenvalue weighted by Gasteiger charge is -2.20. The molecule has 0 aliphatic rings. The standard InChI is InChI=1S/C24H27N3O2/c1-17-9-10-19(18-7-5-4-6-8-18)15-22(17)26-24(29)21-16-20(11-12-23(21)28)27(3)14-13-25-2/h4-12,15-16,25,28H,13-14H2,1-3H3,(H,26,29). The number of carbonyl (C=O) groups is 1. The van der Waals surface area contributed by atoms with Gasteiger partial charge in [-0.2, -0.15) is 0 Å². The maximum atomic E-state index is 12.9. The van der Waals surface area contributed by atoms with E-state index < -0.39 is 0 Å². The number of hydrogen-bond donors (Lipinski definition) is 3. The van der Waals surface area contributed by atoms with E-state index in [2.05, 4.69) is 10.6 Å². The minimum absolute atomic E-state index is 0.0369. The first-order valence-corrected chi connectivity index (χ1v) is 9.66. The molecule has 0 unspecified atom stereocenters. The first-order chi connectivity index (χ1) is 14.0. The van der Waals surface area contributed by atoms with E-state index in [4.69, 9.17) is 0 Å². The molecule has 0 saturated carbocycles. The number of carbonyl (C=O) groups excluding carboxylic acids is 1. The van der Waals surface area contributed by atoms with Gasteiger partial charge in [0.25, 0.3) is 5.91 Å². The van der Waals surface area contributed by atoms with Crippen LogP contribution in [0.25, 0.3) is 11.1 Å². The van der Waals surface area contributed by atoms with Crippen molar-refractivity contribution in [3.8, 4) is 16.9 Å². The van der Waals surface area contributed by atoms with Gasteiger partial charge in [0, 0.05) is 31.5 Å². The molecule has 29 heavy (non-hydrogen) atoms. The largest absolute Gasteiger partial charge is 0.507 e. The first-order valence-electron chi connectivity index (χ1n) is 9.66. The molecule has 3 aromatic carbocycles. The molecule has 0 bridgehead atoms. The summed E-state index contributed by atoms with van der Waals surface area (Å²) in [6.07, 6.45) is 0. The quantitative estimate of drug-likeness (QED) is 0.564. The molecule has 3 N–H and O–H groups in total. The molecule has 0 heterocycles. The second kappa shape index (κ2) is 9.26. The van der Waals surface area contributed by atoms with E-state index in [1.165, 1.54) is 0 Å². The summed E-state index contributed by atoms with van der Waals surface area (Å²) in [7, 11) is 3.86. The molecule has 0 radical (unpaired) electrons. The van der Waals surface area contributed by atoms with Crippen LogP contribution in [0.15, 0.2) is 66.7 Å². The van der Waals surface area contributed by atoms with Gasteiger partial charge in [-0.05, 0) is 54.9 Å². The highest BCUT2D eigenvalue weighted by molar-refractivity contribution is 6.07. The highest BCUT2D eigenvalue weighted by Crippen LogP contribution is 2.28. The van der Waals surface area contributed by atoms with Crippen molar-refractivity contribution in [1.82, 2.24) is 5.32 Å². The monoisotopic (exact) mass is 389 g/mol. The van der Waals surface area contributed by atoms with Crippen molar-refractivity contribution in [3.63, 3.8) is 0 Å². The van der Waals surface area contributed by atoms with Crippen molar-refractivity contribution in [1.29, 1.82) is 0 Å². The fourth-order valence-electron chi connectivity index (χ4n) is 3.11. The van der Waals surface area contributed by atoms with Crippen molar-refractivity contribution in [2.24, 2.45) is 0 Å². The maximum absolute atomic E-state index is 12.9. The van der Waals surface area contributed by atoms with Crippen LogP contribution in [0.2, 0.25) is 0 Å². The Morgan fingerprint density at radius 3 is 2.48 bits per heavy atom. The van der Waals surface area contributed by atoms with Gasteiger partial charge in [0.2, 0.25) is 0 Å². The normalized spacial score (nSPS) is 10.6. The summed E-state index contributed by atoms with van der Waals surface area (Å²) in [6, 6.07) is 21.1. The SMILES string of the molecule is CNCCN(C)c1ccc(O)c(C(=O)Nc2cc(-c3ccccc3)ccc2C)c1. The van der Waals surface area contributed by atoms with Gasteiger partial charge >= 0.3 is 0 Å². The van der Waals surface area contributed by atoms with E-state index >= 15 is 0 Å². The average molecular weight is 389 g/mol. The third-order valence-electron chi connectivity index (χ3n) is 4.96. The molecule has 5 nitrogen and oxygen atoms in total. The summed E-state index contributed by atoms with van der Waals surface area (Å²) in [5.41, 5.74) is 4.92. The Bertz CT molecular complexity index is 987. The Morgan fingerprint density at radius 1 is 1.00 bits per heavy atom. The topological polar surface area (TPSA) is 64.6 Å². The molecule has 3 rings (SSSR count). The molecule has 0 fully saturated rings. The molecule has 0 saturated heterocycles. The van der Waals surface area contributed by atoms with Crippen LogP contribution in [0.1, 0.15) is 15.9 Å². The number of nitrogens with zero attached hydrogens (tertiary/aromatic N) is 1. The third-order valence-corrected chi connectivity index (χ3v) is 4.96. The molecule has 0 aliphatic heterocycles. The zero-order valence-corrected chi connectivity index (χ0v) is 17.1. The van der Waals surface area contributed by atoms with E-state index in [0.717, 1.165) is 41.2 Å². The lowest BCUT2D eigenvalue weighted by Crippen LogP contribution is -2.27. The number of aryl methyl sites for hydroxylation is 1. The van der Waals surface area contributed by atoms with E-state index in [9.17, 15) is 9.90 Å². The minimum atomic E-state index is -0.334. The molecule has 5 heteroatoms. The number of hydrogen-bond acceptors (Lipinski definition) is 4. The molecule has 0 aromatic heterocycles. The number of amides is 1. The number of nitrogens with one attached hydrogen (secondary N) is 2. The van der Waals surface area contributed by atoms with Gasteiger partial charge in [-0.3, -0.25) is 4.79 Å². The lowest BCUT2D eigenvalue weighted by atomic mass is 10.0. The summed E-state index contributed by atoms with van der Waals surface area (Å²) < 4.78 is 0. The average Bonchev–Trinajstić information content (AvgIpc) is 2.74.